The minimum Gasteiger partial charge on any atom is -0.438 e. The zero-order valence-corrected chi connectivity index (χ0v) is 18.3. The molecule has 1 atom stereocenters. The molecule has 0 radical (unpaired) electrons. The molecule has 0 aromatic carbocycles. The van der Waals surface area contributed by atoms with Gasteiger partial charge in [0.1, 0.15) is 0 Å². The summed E-state index contributed by atoms with van der Waals surface area (Å²) >= 11 is 0. The fourth-order valence-electron chi connectivity index (χ4n) is 3.05. The fraction of sp³-hybridized carbons (Fsp3) is 0.864. The van der Waals surface area contributed by atoms with Gasteiger partial charge in [-0.25, -0.2) is 9.59 Å². The molecule has 1 unspecified atom stereocenters. The molecule has 170 valence electrons. The maximum atomic E-state index is 11.6. The van der Waals surface area contributed by atoms with Crippen LogP contribution in [0.3, 0.4) is 0 Å². The predicted octanol–water partition coefficient (Wildman–Crippen LogP) is 4.10. The highest BCUT2D eigenvalue weighted by Gasteiger charge is 2.23. The van der Waals surface area contributed by atoms with Crippen LogP contribution in [0.5, 0.6) is 0 Å². The van der Waals surface area contributed by atoms with Crippen LogP contribution in [0.1, 0.15) is 110 Å². The number of unbranched alkanes of at least 4 members (excludes halogenated alkanes) is 12. The van der Waals surface area contributed by atoms with E-state index in [9.17, 15) is 14.4 Å². The number of nitrogens with two attached hydrogens (primary N) is 2. The SMILES string of the molecule is CCCCCCCCCCCCCCCC(=O)OC(=O)C(=O)OC(N)CCCN. The van der Waals surface area contributed by atoms with Gasteiger partial charge in [0.05, 0.1) is 0 Å². The predicted molar refractivity (Wildman–Crippen MR) is 114 cm³/mol. The third-order valence-electron chi connectivity index (χ3n) is 4.81. The molecular weight excluding hydrogens is 372 g/mol. The molecule has 0 rings (SSSR count). The number of hydrogen-bond donors (Lipinski definition) is 2. The van der Waals surface area contributed by atoms with Gasteiger partial charge in [-0.05, 0) is 25.8 Å². The summed E-state index contributed by atoms with van der Waals surface area (Å²) in [5.74, 6) is -3.26. The van der Waals surface area contributed by atoms with Crippen LogP contribution in [0.2, 0.25) is 0 Å². The third-order valence-corrected chi connectivity index (χ3v) is 4.81. The van der Waals surface area contributed by atoms with E-state index in [-0.39, 0.29) is 6.42 Å². The molecule has 7 heteroatoms. The molecule has 0 saturated carbocycles. The van der Waals surface area contributed by atoms with Gasteiger partial charge in [0, 0.05) is 6.42 Å². The number of esters is 3. The molecule has 0 heterocycles. The molecule has 0 bridgehead atoms. The molecule has 0 saturated heterocycles. The molecule has 0 spiro atoms. The summed E-state index contributed by atoms with van der Waals surface area (Å²) in [5, 5.41) is 0. The first kappa shape index (κ1) is 27.5. The maximum absolute atomic E-state index is 11.6. The van der Waals surface area contributed by atoms with Crippen molar-refractivity contribution >= 4 is 17.9 Å². The summed E-state index contributed by atoms with van der Waals surface area (Å²) in [6, 6.07) is 0. The summed E-state index contributed by atoms with van der Waals surface area (Å²) in [7, 11) is 0. The van der Waals surface area contributed by atoms with Crippen LogP contribution < -0.4 is 11.5 Å². The van der Waals surface area contributed by atoms with Gasteiger partial charge in [-0.2, -0.15) is 0 Å². The lowest BCUT2D eigenvalue weighted by Crippen LogP contribution is -2.33. The average Bonchev–Trinajstić information content (AvgIpc) is 2.69. The molecule has 4 N–H and O–H groups in total. The van der Waals surface area contributed by atoms with E-state index in [2.05, 4.69) is 11.7 Å². The lowest BCUT2D eigenvalue weighted by Gasteiger charge is -2.11. The number of carbonyl (C=O) groups is 3. The van der Waals surface area contributed by atoms with Gasteiger partial charge in [0.15, 0.2) is 6.23 Å². The van der Waals surface area contributed by atoms with Crippen molar-refractivity contribution in [2.45, 2.75) is 116 Å². The van der Waals surface area contributed by atoms with Crippen LogP contribution >= 0.6 is 0 Å². The second-order valence-electron chi connectivity index (χ2n) is 7.63. The highest BCUT2D eigenvalue weighted by atomic mass is 16.6. The first-order valence-corrected chi connectivity index (χ1v) is 11.4. The van der Waals surface area contributed by atoms with Gasteiger partial charge < -0.3 is 15.2 Å². The Labute approximate surface area is 176 Å². The normalized spacial score (nSPS) is 11.8. The van der Waals surface area contributed by atoms with Crippen LogP contribution in [0.15, 0.2) is 0 Å². The molecule has 0 fully saturated rings. The Morgan fingerprint density at radius 3 is 1.69 bits per heavy atom. The second-order valence-corrected chi connectivity index (χ2v) is 7.63. The Hall–Kier alpha value is -1.47. The molecule has 0 aliphatic rings. The average molecular weight is 415 g/mol. The first-order valence-electron chi connectivity index (χ1n) is 11.4. The van der Waals surface area contributed by atoms with Gasteiger partial charge in [-0.3, -0.25) is 10.5 Å². The van der Waals surface area contributed by atoms with Crippen LogP contribution in [-0.2, 0) is 23.9 Å². The Balaban J connectivity index is 3.53. The van der Waals surface area contributed by atoms with Gasteiger partial charge in [-0.15, -0.1) is 0 Å². The Kier molecular flexibility index (Phi) is 18.8. The van der Waals surface area contributed by atoms with E-state index in [4.69, 9.17) is 16.2 Å². The molecule has 0 aromatic rings. The first-order chi connectivity index (χ1) is 14.0. The monoisotopic (exact) mass is 414 g/mol. The molecular formula is C22H42N2O5. The number of hydrogen-bond acceptors (Lipinski definition) is 7. The molecule has 7 nitrogen and oxygen atoms in total. The van der Waals surface area contributed by atoms with Crippen molar-refractivity contribution in [2.24, 2.45) is 11.5 Å². The number of carbonyl (C=O) groups excluding carboxylic acids is 3. The van der Waals surface area contributed by atoms with Crippen molar-refractivity contribution < 1.29 is 23.9 Å². The van der Waals surface area contributed by atoms with Crippen molar-refractivity contribution in [3.63, 3.8) is 0 Å². The van der Waals surface area contributed by atoms with Crippen LogP contribution in [0, 0.1) is 0 Å². The topological polar surface area (TPSA) is 122 Å². The lowest BCUT2D eigenvalue weighted by atomic mass is 10.0. The van der Waals surface area contributed by atoms with Crippen molar-refractivity contribution in [1.82, 2.24) is 0 Å². The van der Waals surface area contributed by atoms with E-state index >= 15 is 0 Å². The summed E-state index contributed by atoms with van der Waals surface area (Å²) in [4.78, 5) is 34.6. The molecule has 0 aliphatic heterocycles. The highest BCUT2D eigenvalue weighted by molar-refractivity contribution is 6.31. The Morgan fingerprint density at radius 1 is 0.724 bits per heavy atom. The highest BCUT2D eigenvalue weighted by Crippen LogP contribution is 2.13. The van der Waals surface area contributed by atoms with Gasteiger partial charge in [-0.1, -0.05) is 84.0 Å². The van der Waals surface area contributed by atoms with E-state index in [1.165, 1.54) is 57.8 Å². The zero-order valence-electron chi connectivity index (χ0n) is 18.3. The lowest BCUT2D eigenvalue weighted by molar-refractivity contribution is -0.176. The van der Waals surface area contributed by atoms with Gasteiger partial charge in [0.2, 0.25) is 0 Å². The van der Waals surface area contributed by atoms with Crippen molar-refractivity contribution in [1.29, 1.82) is 0 Å². The summed E-state index contributed by atoms with van der Waals surface area (Å²) in [5.41, 5.74) is 10.9. The van der Waals surface area contributed by atoms with Crippen LogP contribution in [0.25, 0.3) is 0 Å². The third kappa shape index (κ3) is 18.3. The number of ether oxygens (including phenoxy) is 2. The van der Waals surface area contributed by atoms with Crippen LogP contribution in [0.4, 0.5) is 0 Å². The van der Waals surface area contributed by atoms with E-state index in [0.717, 1.165) is 19.3 Å². The van der Waals surface area contributed by atoms with Crippen LogP contribution in [-0.4, -0.2) is 30.7 Å². The molecule has 0 aromatic heterocycles. The number of rotatable bonds is 18. The van der Waals surface area contributed by atoms with Crippen molar-refractivity contribution in [3.05, 3.63) is 0 Å². The van der Waals surface area contributed by atoms with E-state index in [0.29, 0.717) is 25.8 Å². The Morgan fingerprint density at radius 2 is 1.21 bits per heavy atom. The minimum atomic E-state index is -1.31. The maximum Gasteiger partial charge on any atom is 0.425 e. The van der Waals surface area contributed by atoms with Gasteiger partial charge >= 0.3 is 17.9 Å². The van der Waals surface area contributed by atoms with E-state index in [1.54, 1.807) is 0 Å². The van der Waals surface area contributed by atoms with E-state index < -0.39 is 24.1 Å². The summed E-state index contributed by atoms with van der Waals surface area (Å²) < 4.78 is 9.19. The van der Waals surface area contributed by atoms with Gasteiger partial charge in [0.25, 0.3) is 0 Å². The molecule has 29 heavy (non-hydrogen) atoms. The quantitative estimate of drug-likeness (QED) is 0.114. The largest absolute Gasteiger partial charge is 0.438 e. The summed E-state index contributed by atoms with van der Waals surface area (Å²) in [6.45, 7) is 2.65. The molecule has 0 aliphatic carbocycles. The second kappa shape index (κ2) is 19.8. The zero-order chi connectivity index (χ0) is 21.7. The summed E-state index contributed by atoms with van der Waals surface area (Å²) in [6.07, 6.45) is 15.8. The van der Waals surface area contributed by atoms with Crippen molar-refractivity contribution in [2.75, 3.05) is 6.54 Å². The molecule has 0 amide bonds. The minimum absolute atomic E-state index is 0.121. The standard InChI is InChI=1S/C22H42N2O5/c1-2-3-4-5-6-7-8-9-10-11-12-13-14-17-20(25)29-22(27)21(26)28-19(24)16-15-18-23/h19H,2-18,23-24H2,1H3. The van der Waals surface area contributed by atoms with E-state index in [1.807, 2.05) is 0 Å². The smallest absolute Gasteiger partial charge is 0.425 e. The Bertz CT molecular complexity index is 443. The fourth-order valence-corrected chi connectivity index (χ4v) is 3.05. The van der Waals surface area contributed by atoms with Crippen molar-refractivity contribution in [3.8, 4) is 0 Å².